The van der Waals surface area contributed by atoms with Crippen LogP contribution in [0.3, 0.4) is 0 Å². The van der Waals surface area contributed by atoms with Gasteiger partial charge in [-0.2, -0.15) is 18.3 Å². The molecule has 0 spiro atoms. The summed E-state index contributed by atoms with van der Waals surface area (Å²) in [6.45, 7) is 2.56. The van der Waals surface area contributed by atoms with E-state index in [1.54, 1.807) is 13.0 Å². The number of halogens is 3. The zero-order chi connectivity index (χ0) is 25.9. The summed E-state index contributed by atoms with van der Waals surface area (Å²) in [4.78, 5) is 32.3. The average Bonchev–Trinajstić information content (AvgIpc) is 3.51. The third kappa shape index (κ3) is 4.57. The van der Waals surface area contributed by atoms with E-state index in [9.17, 15) is 22.8 Å². The highest BCUT2D eigenvalue weighted by Gasteiger charge is 2.36. The third-order valence-electron chi connectivity index (χ3n) is 5.33. The van der Waals surface area contributed by atoms with Gasteiger partial charge < -0.3 is 21.1 Å². The molecule has 4 aromatic rings. The number of aromatic amines is 1. The van der Waals surface area contributed by atoms with E-state index in [0.29, 0.717) is 23.2 Å². The summed E-state index contributed by atoms with van der Waals surface area (Å²) >= 11 is 0. The second-order valence-electron chi connectivity index (χ2n) is 7.47. The number of nitrogens with two attached hydrogens (primary N) is 1. The molecule has 0 unspecified atom stereocenters. The number of carbonyl (C=O) groups excluding carboxylic acids is 2. The molecule has 0 fully saturated rings. The summed E-state index contributed by atoms with van der Waals surface area (Å²) < 4.78 is 46.8. The molecule has 0 radical (unpaired) electrons. The lowest BCUT2D eigenvalue weighted by atomic mass is 10.0. The smallest absolute Gasteiger partial charge is 0.426 e. The molecule has 1 aromatic carbocycles. The van der Waals surface area contributed by atoms with Crippen molar-refractivity contribution >= 4 is 29.5 Å². The van der Waals surface area contributed by atoms with Crippen LogP contribution in [0.2, 0.25) is 0 Å². The number of amides is 1. The molecule has 0 bridgehead atoms. The van der Waals surface area contributed by atoms with Crippen LogP contribution in [0.25, 0.3) is 16.9 Å². The molecule has 188 valence electrons. The van der Waals surface area contributed by atoms with Gasteiger partial charge in [-0.1, -0.05) is 6.92 Å². The maximum absolute atomic E-state index is 13.4. The molecule has 4 rings (SSSR count). The zero-order valence-electron chi connectivity index (χ0n) is 18.9. The molecule has 0 aliphatic carbocycles. The Kier molecular flexibility index (Phi) is 6.87. The van der Waals surface area contributed by atoms with Crippen LogP contribution in [-0.4, -0.2) is 50.0 Å². The Balaban J connectivity index is 1.77. The van der Waals surface area contributed by atoms with Gasteiger partial charge in [-0.25, -0.2) is 9.97 Å². The first-order chi connectivity index (χ1) is 17.3. The molecular weight excluding hydrogens is 481 g/mol. The minimum atomic E-state index is -4.64. The Labute approximate surface area is 201 Å². The highest BCUT2D eigenvalue weighted by Crippen LogP contribution is 2.37. The number of nitrogens with zero attached hydrogens (tertiary/aromatic N) is 4. The van der Waals surface area contributed by atoms with Gasteiger partial charge in [0.1, 0.15) is 5.69 Å². The first-order valence-corrected chi connectivity index (χ1v) is 10.7. The van der Waals surface area contributed by atoms with Crippen LogP contribution in [0.5, 0.6) is 5.75 Å². The van der Waals surface area contributed by atoms with Crippen LogP contribution in [0.15, 0.2) is 36.9 Å². The fourth-order valence-corrected chi connectivity index (χ4v) is 3.78. The van der Waals surface area contributed by atoms with Crippen molar-refractivity contribution in [1.82, 2.24) is 29.9 Å². The molecule has 3 heterocycles. The van der Waals surface area contributed by atoms with Gasteiger partial charge in [-0.3, -0.25) is 19.1 Å². The molecule has 36 heavy (non-hydrogen) atoms. The molecular formula is C22H21F3N8O3. The lowest BCUT2D eigenvalue weighted by molar-refractivity contribution is -0.140. The maximum Gasteiger partial charge on any atom is 0.433 e. The predicted molar refractivity (Wildman–Crippen MR) is 123 cm³/mol. The van der Waals surface area contributed by atoms with Gasteiger partial charge in [0, 0.05) is 36.6 Å². The minimum absolute atomic E-state index is 0.109. The number of alkyl halides is 3. The molecule has 0 saturated heterocycles. The Morgan fingerprint density at radius 1 is 1.28 bits per heavy atom. The summed E-state index contributed by atoms with van der Waals surface area (Å²) in [7, 11) is 0. The summed E-state index contributed by atoms with van der Waals surface area (Å²) in [6.07, 6.45) is 0.895. The van der Waals surface area contributed by atoms with E-state index in [2.05, 4.69) is 25.7 Å². The third-order valence-corrected chi connectivity index (χ3v) is 5.33. The maximum atomic E-state index is 13.4. The lowest BCUT2D eigenvalue weighted by Gasteiger charge is -2.17. The van der Waals surface area contributed by atoms with Crippen molar-refractivity contribution in [1.29, 1.82) is 0 Å². The number of hydrogen-bond donors (Lipinski definition) is 4. The molecule has 0 aliphatic heterocycles. The monoisotopic (exact) mass is 502 g/mol. The summed E-state index contributed by atoms with van der Waals surface area (Å²) in [5.74, 6) is -0.0880. The molecule has 11 nitrogen and oxygen atoms in total. The number of anilines is 2. The second kappa shape index (κ2) is 10.0. The number of aromatic nitrogens is 5. The van der Waals surface area contributed by atoms with Gasteiger partial charge in [-0.05, 0) is 18.6 Å². The van der Waals surface area contributed by atoms with Gasteiger partial charge in [0.25, 0.3) is 12.4 Å². The number of ether oxygens (including phenoxy) is 1. The van der Waals surface area contributed by atoms with E-state index in [4.69, 9.17) is 10.5 Å². The zero-order valence-corrected chi connectivity index (χ0v) is 18.9. The summed E-state index contributed by atoms with van der Waals surface area (Å²) in [5.41, 5.74) is 5.69. The molecule has 5 N–H and O–H groups in total. The largest absolute Gasteiger partial charge is 0.433 e. The van der Waals surface area contributed by atoms with Crippen LogP contribution >= 0.6 is 0 Å². The van der Waals surface area contributed by atoms with Crippen molar-refractivity contribution in [2.24, 2.45) is 5.73 Å². The standard InChI is InChI=1S/C22H21F3N8O3/c1-2-12-13(21(35)28-6-5-26)3-4-15(17(12)36-11-34)31-19-20-29-10-16(33(20)8-7-27-19)14-9-30-32-18(14)22(23,24)25/h3-4,7-11H,2,5-6,26H2,1H3,(H,27,31)(H,28,35)(H,30,32). The Bertz CT molecular complexity index is 1410. The first kappa shape index (κ1) is 24.7. The molecule has 0 aliphatic rings. The number of hydrogen-bond acceptors (Lipinski definition) is 8. The van der Waals surface area contributed by atoms with E-state index in [1.807, 2.05) is 5.10 Å². The Morgan fingerprint density at radius 3 is 2.78 bits per heavy atom. The molecule has 14 heteroatoms. The second-order valence-corrected chi connectivity index (χ2v) is 7.47. The van der Waals surface area contributed by atoms with Crippen molar-refractivity contribution in [3.63, 3.8) is 0 Å². The van der Waals surface area contributed by atoms with Crippen molar-refractivity contribution in [2.75, 3.05) is 18.4 Å². The quantitative estimate of drug-likeness (QED) is 0.255. The van der Waals surface area contributed by atoms with Crippen LogP contribution in [0.1, 0.15) is 28.5 Å². The van der Waals surface area contributed by atoms with Crippen molar-refractivity contribution in [3.05, 3.63) is 53.7 Å². The number of carbonyl (C=O) groups is 2. The fourth-order valence-electron chi connectivity index (χ4n) is 3.78. The van der Waals surface area contributed by atoms with Gasteiger partial charge in [0.2, 0.25) is 0 Å². The SMILES string of the molecule is CCc1c(C(=O)NCCN)ccc(Nc2nccn3c(-c4cn[nH]c4C(F)(F)F)cnc23)c1OC=O. The lowest BCUT2D eigenvalue weighted by Crippen LogP contribution is -2.29. The highest BCUT2D eigenvalue weighted by molar-refractivity contribution is 5.97. The normalized spacial score (nSPS) is 11.5. The predicted octanol–water partition coefficient (Wildman–Crippen LogP) is 2.67. The van der Waals surface area contributed by atoms with E-state index in [1.165, 1.54) is 29.1 Å². The van der Waals surface area contributed by atoms with E-state index < -0.39 is 11.9 Å². The van der Waals surface area contributed by atoms with Gasteiger partial charge in [0.05, 0.1) is 29.3 Å². The van der Waals surface area contributed by atoms with Crippen LogP contribution < -0.4 is 21.1 Å². The van der Waals surface area contributed by atoms with Gasteiger partial charge in [-0.15, -0.1) is 0 Å². The number of nitrogens with one attached hydrogen (secondary N) is 3. The minimum Gasteiger partial charge on any atom is -0.426 e. The number of rotatable bonds is 9. The highest BCUT2D eigenvalue weighted by atomic mass is 19.4. The number of H-pyrrole nitrogens is 1. The number of fused-ring (bicyclic) bond motifs is 1. The van der Waals surface area contributed by atoms with Crippen molar-refractivity contribution in [2.45, 2.75) is 19.5 Å². The summed E-state index contributed by atoms with van der Waals surface area (Å²) in [5, 5.41) is 11.2. The van der Waals surface area contributed by atoms with E-state index in [0.717, 1.165) is 6.20 Å². The van der Waals surface area contributed by atoms with E-state index in [-0.39, 0.29) is 53.9 Å². The topological polar surface area (TPSA) is 152 Å². The van der Waals surface area contributed by atoms with Crippen LogP contribution in [0.4, 0.5) is 24.7 Å². The summed E-state index contributed by atoms with van der Waals surface area (Å²) in [6, 6.07) is 3.09. The first-order valence-electron chi connectivity index (χ1n) is 10.7. The Hall–Kier alpha value is -4.46. The van der Waals surface area contributed by atoms with Crippen molar-refractivity contribution in [3.8, 4) is 17.0 Å². The van der Waals surface area contributed by atoms with E-state index >= 15 is 0 Å². The Morgan fingerprint density at radius 2 is 2.08 bits per heavy atom. The van der Waals surface area contributed by atoms with Crippen LogP contribution in [0, 0.1) is 0 Å². The van der Waals surface area contributed by atoms with Crippen LogP contribution in [-0.2, 0) is 17.4 Å². The molecule has 3 aromatic heterocycles. The average molecular weight is 502 g/mol. The molecule has 0 atom stereocenters. The molecule has 0 saturated carbocycles. The fraction of sp³-hybridized carbons (Fsp3) is 0.227. The number of imidazole rings is 1. The number of benzene rings is 1. The van der Waals surface area contributed by atoms with Gasteiger partial charge >= 0.3 is 6.18 Å². The van der Waals surface area contributed by atoms with Crippen molar-refractivity contribution < 1.29 is 27.5 Å². The van der Waals surface area contributed by atoms with Gasteiger partial charge in [0.15, 0.2) is 17.2 Å². The molecule has 1 amide bonds.